The molecule has 0 aliphatic heterocycles. The fraction of sp³-hybridized carbons (Fsp3) is 0.533. The smallest absolute Gasteiger partial charge is 0.0809 e. The van der Waals surface area contributed by atoms with Gasteiger partial charge < -0.3 is 0 Å². The normalized spacial score (nSPS) is 25.6. The fourth-order valence-electron chi connectivity index (χ4n) is 3.32. The van der Waals surface area contributed by atoms with Crippen LogP contribution in [0.1, 0.15) is 44.2 Å². The van der Waals surface area contributed by atoms with Crippen molar-refractivity contribution in [3.8, 4) is 0 Å². The Labute approximate surface area is 118 Å². The van der Waals surface area contributed by atoms with Crippen molar-refractivity contribution < 1.29 is 0 Å². The van der Waals surface area contributed by atoms with E-state index >= 15 is 0 Å². The molecule has 0 spiro atoms. The monoisotopic (exact) mass is 275 g/mol. The van der Waals surface area contributed by atoms with Gasteiger partial charge in [-0.3, -0.25) is 16.3 Å². The van der Waals surface area contributed by atoms with Gasteiger partial charge in [0.15, 0.2) is 0 Å². The Balaban J connectivity index is 1.87. The summed E-state index contributed by atoms with van der Waals surface area (Å²) in [6.45, 7) is 2.35. The molecule has 1 saturated carbocycles. The highest BCUT2D eigenvalue weighted by molar-refractivity contribution is 7.17. The third-order valence-corrected chi connectivity index (χ3v) is 5.16. The van der Waals surface area contributed by atoms with Crippen LogP contribution in [0.3, 0.4) is 0 Å². The van der Waals surface area contributed by atoms with Gasteiger partial charge in [-0.15, -0.1) is 11.3 Å². The number of nitrogens with zero attached hydrogens (tertiary/aromatic N) is 1. The molecule has 1 fully saturated rings. The van der Waals surface area contributed by atoms with E-state index < -0.39 is 0 Å². The molecule has 2 aromatic heterocycles. The lowest BCUT2D eigenvalue weighted by molar-refractivity contribution is 0.224. The van der Waals surface area contributed by atoms with E-state index in [1.165, 1.54) is 35.9 Å². The number of nitrogens with one attached hydrogen (secondary N) is 1. The van der Waals surface area contributed by atoms with Crippen molar-refractivity contribution in [2.24, 2.45) is 17.7 Å². The Morgan fingerprint density at radius 3 is 3.16 bits per heavy atom. The van der Waals surface area contributed by atoms with Gasteiger partial charge in [0.25, 0.3) is 0 Å². The summed E-state index contributed by atoms with van der Waals surface area (Å²) in [4.78, 5) is 4.54. The Morgan fingerprint density at radius 2 is 2.37 bits per heavy atom. The summed E-state index contributed by atoms with van der Waals surface area (Å²) < 4.78 is 1.25. The minimum Gasteiger partial charge on any atom is -0.271 e. The maximum absolute atomic E-state index is 5.83. The first-order valence-electron chi connectivity index (χ1n) is 7.07. The average molecular weight is 275 g/mol. The summed E-state index contributed by atoms with van der Waals surface area (Å²) >= 11 is 1.75. The molecule has 2 heterocycles. The maximum Gasteiger partial charge on any atom is 0.0809 e. The Bertz CT molecular complexity index is 551. The van der Waals surface area contributed by atoms with Crippen molar-refractivity contribution in [3.05, 3.63) is 29.3 Å². The third-order valence-electron chi connectivity index (χ3n) is 4.31. The molecule has 0 bridgehead atoms. The Hall–Kier alpha value is -0.970. The van der Waals surface area contributed by atoms with E-state index in [0.717, 1.165) is 11.4 Å². The molecule has 102 valence electrons. The molecule has 0 saturated heterocycles. The van der Waals surface area contributed by atoms with Crippen LogP contribution in [-0.4, -0.2) is 4.98 Å². The zero-order valence-electron chi connectivity index (χ0n) is 11.3. The van der Waals surface area contributed by atoms with Crippen molar-refractivity contribution in [1.82, 2.24) is 10.4 Å². The van der Waals surface area contributed by atoms with E-state index in [-0.39, 0.29) is 6.04 Å². The van der Waals surface area contributed by atoms with Gasteiger partial charge >= 0.3 is 0 Å². The average Bonchev–Trinajstić information content (AvgIpc) is 2.87. The highest BCUT2D eigenvalue weighted by Crippen LogP contribution is 2.37. The van der Waals surface area contributed by atoms with E-state index in [2.05, 4.69) is 34.8 Å². The molecule has 0 aromatic carbocycles. The lowest BCUT2D eigenvalue weighted by Crippen LogP contribution is -2.35. The van der Waals surface area contributed by atoms with Gasteiger partial charge in [-0.2, -0.15) is 0 Å². The van der Waals surface area contributed by atoms with Crippen LogP contribution in [0.4, 0.5) is 0 Å². The molecular formula is C15H21N3S. The van der Waals surface area contributed by atoms with Crippen LogP contribution in [0.25, 0.3) is 10.2 Å². The van der Waals surface area contributed by atoms with E-state index in [1.54, 1.807) is 11.3 Å². The fourth-order valence-corrected chi connectivity index (χ4v) is 4.11. The number of pyridine rings is 1. The Kier molecular flexibility index (Phi) is 3.82. The molecule has 1 aliphatic rings. The SMILES string of the molecule is CC1CCCC(C(NN)c2cnc3ccsc3c2)C1. The molecule has 0 amide bonds. The number of nitrogens with two attached hydrogens (primary N) is 1. The molecule has 1 aliphatic carbocycles. The van der Waals surface area contributed by atoms with Gasteiger partial charge in [0, 0.05) is 6.20 Å². The first kappa shape index (κ1) is 13.0. The highest BCUT2D eigenvalue weighted by Gasteiger charge is 2.27. The van der Waals surface area contributed by atoms with Crippen molar-refractivity contribution in [3.63, 3.8) is 0 Å². The summed E-state index contributed by atoms with van der Waals surface area (Å²) in [5.41, 5.74) is 5.35. The molecular weight excluding hydrogens is 254 g/mol. The minimum atomic E-state index is 0.238. The number of rotatable bonds is 3. The third kappa shape index (κ3) is 2.66. The standard InChI is InChI=1S/C15H21N3S/c1-10-3-2-4-11(7-10)15(18-16)12-8-14-13(17-9-12)5-6-19-14/h5-6,8-11,15,18H,2-4,7,16H2,1H3. The summed E-state index contributed by atoms with van der Waals surface area (Å²) in [6, 6.07) is 4.55. The van der Waals surface area contributed by atoms with Crippen molar-refractivity contribution in [2.45, 2.75) is 38.6 Å². The van der Waals surface area contributed by atoms with Crippen LogP contribution < -0.4 is 11.3 Å². The van der Waals surface area contributed by atoms with E-state index in [9.17, 15) is 0 Å². The largest absolute Gasteiger partial charge is 0.271 e. The predicted molar refractivity (Wildman–Crippen MR) is 80.8 cm³/mol. The molecule has 4 heteroatoms. The lowest BCUT2D eigenvalue weighted by atomic mass is 9.77. The Morgan fingerprint density at radius 1 is 1.47 bits per heavy atom. The molecule has 3 unspecified atom stereocenters. The van der Waals surface area contributed by atoms with E-state index in [1.807, 2.05) is 6.20 Å². The van der Waals surface area contributed by atoms with Gasteiger partial charge in [0.1, 0.15) is 0 Å². The summed E-state index contributed by atoms with van der Waals surface area (Å²) in [7, 11) is 0. The highest BCUT2D eigenvalue weighted by atomic mass is 32.1. The number of aromatic nitrogens is 1. The molecule has 3 N–H and O–H groups in total. The van der Waals surface area contributed by atoms with Crippen LogP contribution in [0.2, 0.25) is 0 Å². The van der Waals surface area contributed by atoms with Crippen LogP contribution >= 0.6 is 11.3 Å². The van der Waals surface area contributed by atoms with Gasteiger partial charge in [-0.25, -0.2) is 0 Å². The van der Waals surface area contributed by atoms with Crippen LogP contribution in [0, 0.1) is 11.8 Å². The summed E-state index contributed by atoms with van der Waals surface area (Å²) in [5.74, 6) is 7.27. The predicted octanol–water partition coefficient (Wildman–Crippen LogP) is 3.63. The lowest BCUT2D eigenvalue weighted by Gasteiger charge is -2.33. The summed E-state index contributed by atoms with van der Waals surface area (Å²) in [6.07, 6.45) is 7.19. The van der Waals surface area contributed by atoms with Gasteiger partial charge in [-0.1, -0.05) is 19.8 Å². The van der Waals surface area contributed by atoms with Gasteiger partial charge in [0.05, 0.1) is 16.3 Å². The van der Waals surface area contributed by atoms with Crippen molar-refractivity contribution in [1.29, 1.82) is 0 Å². The van der Waals surface area contributed by atoms with Gasteiger partial charge in [0.2, 0.25) is 0 Å². The van der Waals surface area contributed by atoms with E-state index in [0.29, 0.717) is 5.92 Å². The molecule has 3 rings (SSSR count). The number of hydrazine groups is 1. The maximum atomic E-state index is 5.83. The zero-order valence-corrected chi connectivity index (χ0v) is 12.1. The molecule has 0 radical (unpaired) electrons. The molecule has 2 aromatic rings. The number of fused-ring (bicyclic) bond motifs is 1. The first-order chi connectivity index (χ1) is 9.28. The van der Waals surface area contributed by atoms with Gasteiger partial charge in [-0.05, 0) is 47.8 Å². The zero-order chi connectivity index (χ0) is 13.2. The van der Waals surface area contributed by atoms with Crippen LogP contribution in [-0.2, 0) is 0 Å². The van der Waals surface area contributed by atoms with Crippen LogP contribution in [0.15, 0.2) is 23.7 Å². The van der Waals surface area contributed by atoms with Crippen molar-refractivity contribution in [2.75, 3.05) is 0 Å². The second-order valence-electron chi connectivity index (χ2n) is 5.75. The molecule has 3 nitrogen and oxygen atoms in total. The first-order valence-corrected chi connectivity index (χ1v) is 7.95. The second kappa shape index (κ2) is 5.57. The quantitative estimate of drug-likeness (QED) is 0.664. The van der Waals surface area contributed by atoms with E-state index in [4.69, 9.17) is 5.84 Å². The minimum absolute atomic E-state index is 0.238. The number of hydrogen-bond donors (Lipinski definition) is 2. The van der Waals surface area contributed by atoms with Crippen LogP contribution in [0.5, 0.6) is 0 Å². The molecule has 19 heavy (non-hydrogen) atoms. The topological polar surface area (TPSA) is 50.9 Å². The summed E-state index contributed by atoms with van der Waals surface area (Å²) in [5, 5.41) is 2.09. The van der Waals surface area contributed by atoms with Crippen molar-refractivity contribution >= 4 is 21.6 Å². The number of thiophene rings is 1. The number of hydrogen-bond acceptors (Lipinski definition) is 4. The second-order valence-corrected chi connectivity index (χ2v) is 6.70. The molecule has 3 atom stereocenters.